The molecule has 1 saturated carbocycles. The van der Waals surface area contributed by atoms with Crippen LogP contribution in [-0.4, -0.2) is 5.66 Å². The standard InChI is InChI=1S/C6H13P.BrH/c7-6-4-2-1-3-5-6;/h6H,1-5,7H2;1H. The van der Waals surface area contributed by atoms with Crippen molar-refractivity contribution in [3.05, 3.63) is 0 Å². The average molecular weight is 197 g/mol. The molecular formula is C6H14BrP. The summed E-state index contributed by atoms with van der Waals surface area (Å²) in [6.07, 6.45) is 7.48. The second-order valence-electron chi connectivity index (χ2n) is 2.50. The highest BCUT2D eigenvalue weighted by atomic mass is 79.9. The zero-order valence-corrected chi connectivity index (χ0v) is 8.20. The van der Waals surface area contributed by atoms with Gasteiger partial charge in [-0.1, -0.05) is 6.42 Å². The Labute approximate surface area is 64.4 Å². The first-order valence-electron chi connectivity index (χ1n) is 3.22. The number of halogens is 1. The lowest BCUT2D eigenvalue weighted by Gasteiger charge is -2.11. The normalized spacial score (nSPS) is 22.5. The van der Waals surface area contributed by atoms with E-state index in [2.05, 4.69) is 9.24 Å². The van der Waals surface area contributed by atoms with E-state index in [9.17, 15) is 0 Å². The molecule has 1 aliphatic rings. The smallest absolute Gasteiger partial charge is 0.0630 e. The lowest BCUT2D eigenvalue weighted by atomic mass is 10.0. The van der Waals surface area contributed by atoms with Gasteiger partial charge >= 0.3 is 0 Å². The summed E-state index contributed by atoms with van der Waals surface area (Å²) in [5, 5.41) is 0. The van der Waals surface area contributed by atoms with Crippen molar-refractivity contribution in [3.63, 3.8) is 0 Å². The molecule has 8 heavy (non-hydrogen) atoms. The summed E-state index contributed by atoms with van der Waals surface area (Å²) >= 11 is 0. The van der Waals surface area contributed by atoms with Gasteiger partial charge in [-0.15, -0.1) is 0 Å². The van der Waals surface area contributed by atoms with Gasteiger partial charge in [-0.2, -0.15) is 0 Å². The third-order valence-electron chi connectivity index (χ3n) is 1.72. The largest absolute Gasteiger partial charge is 1.00 e. The van der Waals surface area contributed by atoms with Gasteiger partial charge in [0.1, 0.15) is 0 Å². The van der Waals surface area contributed by atoms with Gasteiger partial charge in [-0.05, 0) is 34.9 Å². The maximum Gasteiger partial charge on any atom is 0.0630 e. The molecule has 50 valence electrons. The zero-order chi connectivity index (χ0) is 5.11. The lowest BCUT2D eigenvalue weighted by Crippen LogP contribution is -3.00. The third-order valence-corrected chi connectivity index (χ3v) is 2.54. The van der Waals surface area contributed by atoms with Crippen molar-refractivity contribution in [2.24, 2.45) is 0 Å². The van der Waals surface area contributed by atoms with E-state index in [-0.39, 0.29) is 17.0 Å². The van der Waals surface area contributed by atoms with E-state index in [1.54, 1.807) is 0 Å². The minimum absolute atomic E-state index is 0. The SMILES string of the molecule is [Br-].[PH3+]C1CCCCC1. The van der Waals surface area contributed by atoms with Gasteiger partial charge in [0, 0.05) is 0 Å². The molecule has 0 spiro atoms. The van der Waals surface area contributed by atoms with Crippen LogP contribution in [0.3, 0.4) is 0 Å². The molecule has 0 bridgehead atoms. The van der Waals surface area contributed by atoms with E-state index in [1.165, 1.54) is 32.1 Å². The fraction of sp³-hybridized carbons (Fsp3) is 1.00. The summed E-state index contributed by atoms with van der Waals surface area (Å²) in [7, 11) is 2.18. The molecule has 1 rings (SSSR count). The Bertz CT molecular complexity index is 50.5. The van der Waals surface area contributed by atoms with E-state index >= 15 is 0 Å². The first-order chi connectivity index (χ1) is 3.39. The van der Waals surface area contributed by atoms with Crippen molar-refractivity contribution in [1.29, 1.82) is 0 Å². The predicted molar refractivity (Wildman–Crippen MR) is 38.0 cm³/mol. The molecule has 2 heteroatoms. The van der Waals surface area contributed by atoms with Crippen LogP contribution in [0.4, 0.5) is 0 Å². The van der Waals surface area contributed by atoms with Gasteiger partial charge in [-0.3, -0.25) is 0 Å². The average Bonchev–Trinajstić information content (AvgIpc) is 1.69. The van der Waals surface area contributed by atoms with Gasteiger partial charge in [0.05, 0.1) is 5.66 Å². The monoisotopic (exact) mass is 196 g/mol. The van der Waals surface area contributed by atoms with Crippen LogP contribution < -0.4 is 17.0 Å². The van der Waals surface area contributed by atoms with E-state index < -0.39 is 0 Å². The molecule has 0 radical (unpaired) electrons. The summed E-state index contributed by atoms with van der Waals surface area (Å²) in [4.78, 5) is 0. The highest BCUT2D eigenvalue weighted by Crippen LogP contribution is 2.23. The van der Waals surface area contributed by atoms with Gasteiger partial charge in [0.15, 0.2) is 0 Å². The van der Waals surface area contributed by atoms with Crippen molar-refractivity contribution in [3.8, 4) is 0 Å². The fourth-order valence-electron chi connectivity index (χ4n) is 1.19. The molecule has 0 N–H and O–H groups in total. The van der Waals surface area contributed by atoms with Gasteiger partial charge in [0.2, 0.25) is 0 Å². The quantitative estimate of drug-likeness (QED) is 0.434. The Morgan fingerprint density at radius 2 is 1.50 bits per heavy atom. The summed E-state index contributed by atoms with van der Waals surface area (Å²) in [6, 6.07) is 0. The van der Waals surface area contributed by atoms with Gasteiger partial charge in [-0.25, -0.2) is 0 Å². The van der Waals surface area contributed by atoms with Crippen molar-refractivity contribution < 1.29 is 17.0 Å². The van der Waals surface area contributed by atoms with E-state index in [0.29, 0.717) is 0 Å². The topological polar surface area (TPSA) is 0 Å². The molecule has 0 aliphatic heterocycles. The molecule has 0 aromatic rings. The highest BCUT2D eigenvalue weighted by molar-refractivity contribution is 7.17. The Morgan fingerprint density at radius 3 is 1.75 bits per heavy atom. The zero-order valence-electron chi connectivity index (χ0n) is 5.20. The Balaban J connectivity index is 0.000000490. The predicted octanol–water partition coefficient (Wildman–Crippen LogP) is -1.07. The number of hydrogen-bond acceptors (Lipinski definition) is 0. The van der Waals surface area contributed by atoms with Crippen LogP contribution in [0.15, 0.2) is 0 Å². The third kappa shape index (κ3) is 3.04. The molecule has 0 heterocycles. The van der Waals surface area contributed by atoms with Crippen molar-refractivity contribution in [1.82, 2.24) is 0 Å². The Kier molecular flexibility index (Phi) is 5.30. The molecular weight excluding hydrogens is 183 g/mol. The molecule has 1 aliphatic carbocycles. The molecule has 1 atom stereocenters. The van der Waals surface area contributed by atoms with Crippen molar-refractivity contribution >= 4 is 9.24 Å². The number of rotatable bonds is 0. The summed E-state index contributed by atoms with van der Waals surface area (Å²) in [6.45, 7) is 0. The second kappa shape index (κ2) is 4.76. The van der Waals surface area contributed by atoms with Crippen LogP contribution in [0.2, 0.25) is 0 Å². The highest BCUT2D eigenvalue weighted by Gasteiger charge is 2.10. The number of hydrogen-bond donors (Lipinski definition) is 0. The first kappa shape index (κ1) is 8.91. The molecule has 1 unspecified atom stereocenters. The Morgan fingerprint density at radius 1 is 1.00 bits per heavy atom. The van der Waals surface area contributed by atoms with Gasteiger partial charge in [0.25, 0.3) is 0 Å². The van der Waals surface area contributed by atoms with E-state index in [0.717, 1.165) is 5.66 Å². The fourth-order valence-corrected chi connectivity index (χ4v) is 1.76. The summed E-state index contributed by atoms with van der Waals surface area (Å²) in [5.41, 5.74) is 1.06. The van der Waals surface area contributed by atoms with Crippen LogP contribution in [0.1, 0.15) is 32.1 Å². The molecule has 0 aromatic heterocycles. The summed E-state index contributed by atoms with van der Waals surface area (Å²) < 4.78 is 0. The van der Waals surface area contributed by atoms with Crippen molar-refractivity contribution in [2.45, 2.75) is 37.8 Å². The lowest BCUT2D eigenvalue weighted by molar-refractivity contribution is -0.00000142. The minimum Gasteiger partial charge on any atom is -1.00 e. The van der Waals surface area contributed by atoms with Gasteiger partial charge < -0.3 is 17.0 Å². The molecule has 0 amide bonds. The van der Waals surface area contributed by atoms with Crippen LogP contribution in [0, 0.1) is 0 Å². The van der Waals surface area contributed by atoms with Crippen LogP contribution in [0.25, 0.3) is 0 Å². The minimum atomic E-state index is 0. The van der Waals surface area contributed by atoms with Crippen LogP contribution >= 0.6 is 9.24 Å². The molecule has 0 aromatic carbocycles. The Hall–Kier alpha value is 0.910. The molecule has 0 nitrogen and oxygen atoms in total. The molecule has 1 fully saturated rings. The van der Waals surface area contributed by atoms with Crippen LogP contribution in [0.5, 0.6) is 0 Å². The van der Waals surface area contributed by atoms with E-state index in [4.69, 9.17) is 0 Å². The summed E-state index contributed by atoms with van der Waals surface area (Å²) in [5.74, 6) is 0. The van der Waals surface area contributed by atoms with Crippen molar-refractivity contribution in [2.75, 3.05) is 0 Å². The maximum absolute atomic E-state index is 2.18. The maximum atomic E-state index is 2.18. The van der Waals surface area contributed by atoms with Crippen LogP contribution in [-0.2, 0) is 0 Å². The second-order valence-corrected chi connectivity index (χ2v) is 3.66. The molecule has 0 saturated heterocycles. The van der Waals surface area contributed by atoms with E-state index in [1.807, 2.05) is 0 Å². The first-order valence-corrected chi connectivity index (χ1v) is 4.04.